The van der Waals surface area contributed by atoms with Gasteiger partial charge in [-0.15, -0.1) is 11.3 Å². The Bertz CT molecular complexity index is 608. The van der Waals surface area contributed by atoms with Crippen molar-refractivity contribution in [1.29, 1.82) is 0 Å². The van der Waals surface area contributed by atoms with E-state index in [2.05, 4.69) is 10.3 Å². The molecule has 2 atom stereocenters. The molecule has 1 aromatic carbocycles. The summed E-state index contributed by atoms with van der Waals surface area (Å²) in [7, 11) is 0. The zero-order valence-electron chi connectivity index (χ0n) is 10.4. The van der Waals surface area contributed by atoms with Gasteiger partial charge < -0.3 is 5.32 Å². The molecule has 3 rings (SSSR count). The highest BCUT2D eigenvalue weighted by Gasteiger charge is 2.44. The summed E-state index contributed by atoms with van der Waals surface area (Å²) >= 11 is 1.47. The van der Waals surface area contributed by atoms with Gasteiger partial charge in [0.15, 0.2) is 5.13 Å². The lowest BCUT2D eigenvalue weighted by molar-refractivity contribution is -0.117. The summed E-state index contributed by atoms with van der Waals surface area (Å²) in [6.45, 7) is 1.95. The lowest BCUT2D eigenvalue weighted by atomic mass is 10.1. The number of nitrogens with one attached hydrogen (secondary N) is 1. The number of thiazole rings is 1. The van der Waals surface area contributed by atoms with E-state index in [9.17, 15) is 9.18 Å². The quantitative estimate of drug-likeness (QED) is 0.934. The maximum Gasteiger partial charge on any atom is 0.229 e. The Kier molecular flexibility index (Phi) is 3.06. The van der Waals surface area contributed by atoms with Crippen LogP contribution in [-0.4, -0.2) is 10.9 Å². The maximum atomic E-state index is 12.8. The summed E-state index contributed by atoms with van der Waals surface area (Å²) < 4.78 is 12.8. The third kappa shape index (κ3) is 2.66. The normalized spacial score (nSPS) is 21.2. The SMILES string of the molecule is Cc1cnc(NC(=O)C2CC2c2ccc(F)cc2)s1. The van der Waals surface area contributed by atoms with Gasteiger partial charge in [0, 0.05) is 17.0 Å². The smallest absolute Gasteiger partial charge is 0.229 e. The largest absolute Gasteiger partial charge is 0.302 e. The second kappa shape index (κ2) is 4.74. The van der Waals surface area contributed by atoms with Crippen LogP contribution in [0.4, 0.5) is 9.52 Å². The van der Waals surface area contributed by atoms with Crippen LogP contribution in [0.2, 0.25) is 0 Å². The van der Waals surface area contributed by atoms with E-state index in [1.165, 1.54) is 23.5 Å². The molecular formula is C14H13FN2OS. The summed E-state index contributed by atoms with van der Waals surface area (Å²) in [5.41, 5.74) is 1.02. The van der Waals surface area contributed by atoms with Gasteiger partial charge in [-0.3, -0.25) is 4.79 Å². The molecule has 0 spiro atoms. The summed E-state index contributed by atoms with van der Waals surface area (Å²) in [6.07, 6.45) is 2.56. The van der Waals surface area contributed by atoms with E-state index in [-0.39, 0.29) is 23.6 Å². The zero-order valence-corrected chi connectivity index (χ0v) is 11.2. The Hall–Kier alpha value is -1.75. The lowest BCUT2D eigenvalue weighted by Gasteiger charge is -2.01. The molecule has 1 aliphatic rings. The lowest BCUT2D eigenvalue weighted by Crippen LogP contribution is -2.14. The van der Waals surface area contributed by atoms with Crippen molar-refractivity contribution in [3.05, 3.63) is 46.7 Å². The Morgan fingerprint density at radius 3 is 2.79 bits per heavy atom. The fraction of sp³-hybridized carbons (Fsp3) is 0.286. The number of nitrogens with zero attached hydrogens (tertiary/aromatic N) is 1. The molecule has 98 valence electrons. The summed E-state index contributed by atoms with van der Waals surface area (Å²) in [6, 6.07) is 6.38. The van der Waals surface area contributed by atoms with Gasteiger partial charge in [0.1, 0.15) is 5.82 Å². The first-order valence-electron chi connectivity index (χ1n) is 6.12. The van der Waals surface area contributed by atoms with Gasteiger partial charge in [-0.05, 0) is 37.0 Å². The van der Waals surface area contributed by atoms with E-state index in [4.69, 9.17) is 0 Å². The van der Waals surface area contributed by atoms with Gasteiger partial charge >= 0.3 is 0 Å². The second-order valence-electron chi connectivity index (χ2n) is 4.77. The molecule has 0 bridgehead atoms. The van der Waals surface area contributed by atoms with Crippen LogP contribution in [0.1, 0.15) is 22.8 Å². The van der Waals surface area contributed by atoms with Crippen LogP contribution in [-0.2, 0) is 4.79 Å². The summed E-state index contributed by atoms with van der Waals surface area (Å²) in [5.74, 6) is -0.0522. The van der Waals surface area contributed by atoms with Crippen LogP contribution in [0.25, 0.3) is 0 Å². The molecule has 1 aromatic heterocycles. The van der Waals surface area contributed by atoms with Gasteiger partial charge in [0.05, 0.1) is 0 Å². The minimum atomic E-state index is -0.247. The number of benzene rings is 1. The highest BCUT2D eigenvalue weighted by Crippen LogP contribution is 2.48. The molecule has 2 unspecified atom stereocenters. The van der Waals surface area contributed by atoms with E-state index in [0.717, 1.165) is 16.9 Å². The average molecular weight is 276 g/mol. The summed E-state index contributed by atoms with van der Waals surface area (Å²) in [4.78, 5) is 17.2. The first-order chi connectivity index (χ1) is 9.13. The van der Waals surface area contributed by atoms with E-state index >= 15 is 0 Å². The van der Waals surface area contributed by atoms with E-state index in [0.29, 0.717) is 5.13 Å². The van der Waals surface area contributed by atoms with Gasteiger partial charge in [-0.2, -0.15) is 0 Å². The van der Waals surface area contributed by atoms with Crippen molar-refractivity contribution < 1.29 is 9.18 Å². The summed E-state index contributed by atoms with van der Waals surface area (Å²) in [5, 5.41) is 3.48. The molecule has 1 heterocycles. The van der Waals surface area contributed by atoms with Crippen LogP contribution < -0.4 is 5.32 Å². The topological polar surface area (TPSA) is 42.0 Å². The van der Waals surface area contributed by atoms with Gasteiger partial charge in [0.25, 0.3) is 0 Å². The van der Waals surface area contributed by atoms with E-state index in [1.54, 1.807) is 18.3 Å². The minimum Gasteiger partial charge on any atom is -0.302 e. The van der Waals surface area contributed by atoms with Crippen molar-refractivity contribution in [1.82, 2.24) is 4.98 Å². The molecule has 5 heteroatoms. The number of hydrogen-bond acceptors (Lipinski definition) is 3. The van der Waals surface area contributed by atoms with Gasteiger partial charge in [0.2, 0.25) is 5.91 Å². The van der Waals surface area contributed by atoms with E-state index in [1.807, 2.05) is 6.92 Å². The second-order valence-corrected chi connectivity index (χ2v) is 6.00. The van der Waals surface area contributed by atoms with Gasteiger partial charge in [-0.1, -0.05) is 12.1 Å². The fourth-order valence-electron chi connectivity index (χ4n) is 2.17. The molecule has 19 heavy (non-hydrogen) atoms. The Labute approximate surface area is 114 Å². The molecule has 1 N–H and O–H groups in total. The molecule has 0 aliphatic heterocycles. The highest BCUT2D eigenvalue weighted by atomic mass is 32.1. The molecule has 1 saturated carbocycles. The number of carbonyl (C=O) groups is 1. The van der Waals surface area contributed by atoms with Gasteiger partial charge in [-0.25, -0.2) is 9.37 Å². The first-order valence-corrected chi connectivity index (χ1v) is 6.94. The number of rotatable bonds is 3. The fourth-order valence-corrected chi connectivity index (χ4v) is 2.84. The number of halogens is 1. The Morgan fingerprint density at radius 2 is 2.16 bits per heavy atom. The van der Waals surface area contributed by atoms with E-state index < -0.39 is 0 Å². The standard InChI is InChI=1S/C14H13FN2OS/c1-8-7-16-14(19-8)17-13(18)12-6-11(12)9-2-4-10(15)5-3-9/h2-5,7,11-12H,6H2,1H3,(H,16,17,18). The molecule has 0 saturated heterocycles. The van der Waals surface area contributed by atoms with Crippen molar-refractivity contribution >= 4 is 22.4 Å². The highest BCUT2D eigenvalue weighted by molar-refractivity contribution is 7.15. The van der Waals surface area contributed by atoms with Crippen LogP contribution in [0.5, 0.6) is 0 Å². The number of aryl methyl sites for hydroxylation is 1. The van der Waals surface area contributed by atoms with Crippen LogP contribution in [0, 0.1) is 18.7 Å². The number of hydrogen-bond donors (Lipinski definition) is 1. The minimum absolute atomic E-state index is 0.00340. The van der Waals surface area contributed by atoms with Crippen LogP contribution >= 0.6 is 11.3 Å². The predicted molar refractivity (Wildman–Crippen MR) is 72.7 cm³/mol. The third-order valence-electron chi connectivity index (χ3n) is 3.28. The van der Waals surface area contributed by atoms with Crippen LogP contribution in [0.3, 0.4) is 0 Å². The maximum absolute atomic E-state index is 12.8. The molecule has 0 radical (unpaired) electrons. The number of amides is 1. The van der Waals surface area contributed by atoms with Crippen molar-refractivity contribution in [2.75, 3.05) is 5.32 Å². The molecule has 1 fully saturated rings. The first kappa shape index (κ1) is 12.3. The Balaban J connectivity index is 1.63. The Morgan fingerprint density at radius 1 is 1.42 bits per heavy atom. The third-order valence-corrected chi connectivity index (χ3v) is 4.10. The average Bonchev–Trinajstić information content (AvgIpc) is 3.08. The van der Waals surface area contributed by atoms with Crippen LogP contribution in [0.15, 0.2) is 30.5 Å². The molecular weight excluding hydrogens is 263 g/mol. The molecule has 2 aromatic rings. The molecule has 3 nitrogen and oxygen atoms in total. The van der Waals surface area contributed by atoms with Crippen molar-refractivity contribution in [2.24, 2.45) is 5.92 Å². The predicted octanol–water partition coefficient (Wildman–Crippen LogP) is 3.33. The number of carbonyl (C=O) groups excluding carboxylic acids is 1. The molecule has 1 amide bonds. The molecule has 1 aliphatic carbocycles. The monoisotopic (exact) mass is 276 g/mol. The van der Waals surface area contributed by atoms with Crippen molar-refractivity contribution in [3.8, 4) is 0 Å². The van der Waals surface area contributed by atoms with Crippen molar-refractivity contribution in [3.63, 3.8) is 0 Å². The number of aromatic nitrogens is 1. The zero-order chi connectivity index (χ0) is 13.4. The number of anilines is 1. The van der Waals surface area contributed by atoms with Crippen molar-refractivity contribution in [2.45, 2.75) is 19.3 Å².